The standard InChI is InChI=1S/C26H28ClN3O2/c1-4-25(31)28-12-14-29(15-13-28)26(32)23-17-24(20-8-10-21(27)11-9-20)30(19(23)3)22-7-5-6-18(2)16-22/h5-11,16-17H,4,12-15H2,1-3H3. The average molecular weight is 450 g/mol. The minimum Gasteiger partial charge on any atom is -0.339 e. The monoisotopic (exact) mass is 449 g/mol. The Balaban J connectivity index is 1.72. The molecular formula is C26H28ClN3O2. The predicted molar refractivity (Wildman–Crippen MR) is 128 cm³/mol. The number of rotatable bonds is 4. The second-order valence-electron chi connectivity index (χ2n) is 8.24. The van der Waals surface area contributed by atoms with Crippen molar-refractivity contribution in [3.05, 3.63) is 76.4 Å². The molecule has 0 bridgehead atoms. The molecule has 32 heavy (non-hydrogen) atoms. The molecule has 0 saturated carbocycles. The van der Waals surface area contributed by atoms with Gasteiger partial charge in [0.15, 0.2) is 0 Å². The Hall–Kier alpha value is -3.05. The van der Waals surface area contributed by atoms with Gasteiger partial charge >= 0.3 is 0 Å². The second kappa shape index (κ2) is 9.21. The van der Waals surface area contributed by atoms with E-state index < -0.39 is 0 Å². The first-order valence-electron chi connectivity index (χ1n) is 11.0. The molecule has 1 aliphatic rings. The van der Waals surface area contributed by atoms with Gasteiger partial charge in [0.25, 0.3) is 5.91 Å². The van der Waals surface area contributed by atoms with Crippen molar-refractivity contribution in [1.29, 1.82) is 0 Å². The lowest BCUT2D eigenvalue weighted by atomic mass is 10.1. The van der Waals surface area contributed by atoms with Gasteiger partial charge in [-0.25, -0.2) is 0 Å². The Morgan fingerprint density at radius 2 is 1.56 bits per heavy atom. The Labute approximate surface area is 194 Å². The number of hydrogen-bond acceptors (Lipinski definition) is 2. The summed E-state index contributed by atoms with van der Waals surface area (Å²) in [5.74, 6) is 0.150. The Kier molecular flexibility index (Phi) is 6.38. The Morgan fingerprint density at radius 1 is 0.906 bits per heavy atom. The minimum absolute atomic E-state index is 0.00714. The normalized spacial score (nSPS) is 14.0. The molecule has 1 saturated heterocycles. The highest BCUT2D eigenvalue weighted by molar-refractivity contribution is 6.30. The third kappa shape index (κ3) is 4.30. The summed E-state index contributed by atoms with van der Waals surface area (Å²) >= 11 is 6.11. The molecular weight excluding hydrogens is 422 g/mol. The lowest BCUT2D eigenvalue weighted by Crippen LogP contribution is -2.50. The van der Waals surface area contributed by atoms with E-state index >= 15 is 0 Å². The highest BCUT2D eigenvalue weighted by atomic mass is 35.5. The molecule has 1 fully saturated rings. The van der Waals surface area contributed by atoms with Crippen molar-refractivity contribution in [2.75, 3.05) is 26.2 Å². The topological polar surface area (TPSA) is 45.6 Å². The third-order valence-electron chi connectivity index (χ3n) is 6.10. The molecule has 2 heterocycles. The molecule has 2 aromatic carbocycles. The molecule has 2 amide bonds. The first-order valence-corrected chi connectivity index (χ1v) is 11.4. The number of nitrogens with zero attached hydrogens (tertiary/aromatic N) is 3. The number of aryl methyl sites for hydroxylation is 1. The van der Waals surface area contributed by atoms with Crippen molar-refractivity contribution in [2.45, 2.75) is 27.2 Å². The van der Waals surface area contributed by atoms with Crippen LogP contribution in [0.1, 0.15) is 35.0 Å². The summed E-state index contributed by atoms with van der Waals surface area (Å²) in [6.07, 6.45) is 0.497. The van der Waals surface area contributed by atoms with Gasteiger partial charge in [-0.15, -0.1) is 0 Å². The maximum Gasteiger partial charge on any atom is 0.255 e. The number of piperazine rings is 1. The van der Waals surface area contributed by atoms with Crippen molar-refractivity contribution >= 4 is 23.4 Å². The number of hydrogen-bond donors (Lipinski definition) is 0. The van der Waals surface area contributed by atoms with Crippen molar-refractivity contribution in [2.24, 2.45) is 0 Å². The van der Waals surface area contributed by atoms with Crippen LogP contribution in [0.4, 0.5) is 0 Å². The van der Waals surface area contributed by atoms with Crippen LogP contribution in [0.5, 0.6) is 0 Å². The van der Waals surface area contributed by atoms with E-state index in [1.165, 1.54) is 0 Å². The highest BCUT2D eigenvalue weighted by Crippen LogP contribution is 2.31. The van der Waals surface area contributed by atoms with Gasteiger partial charge in [0.2, 0.25) is 5.91 Å². The molecule has 166 valence electrons. The van der Waals surface area contributed by atoms with Crippen LogP contribution in [-0.2, 0) is 4.79 Å². The molecule has 6 heteroatoms. The van der Waals surface area contributed by atoms with Crippen molar-refractivity contribution in [1.82, 2.24) is 14.4 Å². The number of carbonyl (C=O) groups is 2. The van der Waals surface area contributed by atoms with Gasteiger partial charge in [-0.05, 0) is 55.3 Å². The summed E-state index contributed by atoms with van der Waals surface area (Å²) in [6, 6.07) is 17.9. The van der Waals surface area contributed by atoms with Crippen LogP contribution in [0.2, 0.25) is 5.02 Å². The Bertz CT molecular complexity index is 1140. The molecule has 0 N–H and O–H groups in total. The van der Waals surface area contributed by atoms with Crippen molar-refractivity contribution in [3.8, 4) is 16.9 Å². The van der Waals surface area contributed by atoms with Gasteiger partial charge in [0, 0.05) is 49.0 Å². The van der Waals surface area contributed by atoms with E-state index in [2.05, 4.69) is 29.7 Å². The first kappa shape index (κ1) is 22.2. The van der Waals surface area contributed by atoms with Gasteiger partial charge in [0.05, 0.1) is 11.3 Å². The fraction of sp³-hybridized carbons (Fsp3) is 0.308. The fourth-order valence-electron chi connectivity index (χ4n) is 4.31. The average Bonchev–Trinajstić information content (AvgIpc) is 3.15. The molecule has 1 aromatic heterocycles. The van der Waals surface area contributed by atoms with E-state index in [1.807, 2.05) is 60.0 Å². The third-order valence-corrected chi connectivity index (χ3v) is 6.35. The van der Waals surface area contributed by atoms with Gasteiger partial charge in [0.1, 0.15) is 0 Å². The molecule has 0 radical (unpaired) electrons. The second-order valence-corrected chi connectivity index (χ2v) is 8.67. The zero-order valence-corrected chi connectivity index (χ0v) is 19.5. The van der Waals surface area contributed by atoms with Gasteiger partial charge in [-0.2, -0.15) is 0 Å². The first-order chi connectivity index (χ1) is 15.4. The van der Waals surface area contributed by atoms with Crippen LogP contribution in [-0.4, -0.2) is 52.4 Å². The number of halogens is 1. The van der Waals surface area contributed by atoms with Crippen molar-refractivity contribution in [3.63, 3.8) is 0 Å². The quantitative estimate of drug-likeness (QED) is 0.555. The van der Waals surface area contributed by atoms with Crippen LogP contribution in [0.25, 0.3) is 16.9 Å². The lowest BCUT2D eigenvalue weighted by Gasteiger charge is -2.34. The molecule has 0 aliphatic carbocycles. The molecule has 4 rings (SSSR count). The van der Waals surface area contributed by atoms with E-state index in [4.69, 9.17) is 11.6 Å². The smallest absolute Gasteiger partial charge is 0.255 e. The zero-order valence-electron chi connectivity index (χ0n) is 18.8. The van der Waals surface area contributed by atoms with Crippen LogP contribution >= 0.6 is 11.6 Å². The summed E-state index contributed by atoms with van der Waals surface area (Å²) < 4.78 is 2.14. The largest absolute Gasteiger partial charge is 0.339 e. The van der Waals surface area contributed by atoms with Gasteiger partial charge in [-0.1, -0.05) is 42.8 Å². The predicted octanol–water partition coefficient (Wildman–Crippen LogP) is 5.11. The molecule has 1 aliphatic heterocycles. The molecule has 0 unspecified atom stereocenters. The SMILES string of the molecule is CCC(=O)N1CCN(C(=O)c2cc(-c3ccc(Cl)cc3)n(-c3cccc(C)c3)c2C)CC1. The van der Waals surface area contributed by atoms with E-state index in [1.54, 1.807) is 0 Å². The maximum atomic E-state index is 13.5. The van der Waals surface area contributed by atoms with E-state index in [9.17, 15) is 9.59 Å². The summed E-state index contributed by atoms with van der Waals surface area (Å²) in [5.41, 5.74) is 5.71. The van der Waals surface area contributed by atoms with Crippen molar-refractivity contribution < 1.29 is 9.59 Å². The summed E-state index contributed by atoms with van der Waals surface area (Å²) in [6.45, 7) is 8.20. The number of amides is 2. The van der Waals surface area contributed by atoms with E-state index in [-0.39, 0.29) is 11.8 Å². The minimum atomic E-state index is 0.00714. The lowest BCUT2D eigenvalue weighted by molar-refractivity contribution is -0.132. The van der Waals surface area contributed by atoms with Gasteiger partial charge < -0.3 is 14.4 Å². The number of aromatic nitrogens is 1. The highest BCUT2D eigenvalue weighted by Gasteiger charge is 2.27. The van der Waals surface area contributed by atoms with E-state index in [0.29, 0.717) is 43.2 Å². The molecule has 5 nitrogen and oxygen atoms in total. The molecule has 0 atom stereocenters. The molecule has 3 aromatic rings. The van der Waals surface area contributed by atoms with Crippen LogP contribution in [0, 0.1) is 13.8 Å². The number of carbonyl (C=O) groups excluding carboxylic acids is 2. The molecule has 0 spiro atoms. The Morgan fingerprint density at radius 3 is 2.19 bits per heavy atom. The maximum absolute atomic E-state index is 13.5. The zero-order chi connectivity index (χ0) is 22.8. The summed E-state index contributed by atoms with van der Waals surface area (Å²) in [4.78, 5) is 29.2. The van der Waals surface area contributed by atoms with E-state index in [0.717, 1.165) is 28.2 Å². The van der Waals surface area contributed by atoms with Crippen LogP contribution < -0.4 is 0 Å². The fourth-order valence-corrected chi connectivity index (χ4v) is 4.44. The van der Waals surface area contributed by atoms with Gasteiger partial charge in [-0.3, -0.25) is 9.59 Å². The summed E-state index contributed by atoms with van der Waals surface area (Å²) in [7, 11) is 0. The van der Waals surface area contributed by atoms with Crippen LogP contribution in [0.15, 0.2) is 54.6 Å². The number of benzene rings is 2. The summed E-state index contributed by atoms with van der Waals surface area (Å²) in [5, 5.41) is 0.676. The van der Waals surface area contributed by atoms with Crippen LogP contribution in [0.3, 0.4) is 0 Å².